The lowest BCUT2D eigenvalue weighted by Crippen LogP contribution is -2.56. The molecule has 0 radical (unpaired) electrons. The number of aliphatic hydroxyl groups is 1. The first-order chi connectivity index (χ1) is 15.3. The van der Waals surface area contributed by atoms with Crippen molar-refractivity contribution in [3.63, 3.8) is 0 Å². The third kappa shape index (κ3) is 6.04. The van der Waals surface area contributed by atoms with Crippen LogP contribution in [0, 0.1) is 17.7 Å². The molecule has 2 unspecified atom stereocenters. The Kier molecular flexibility index (Phi) is 8.20. The molecule has 2 fully saturated rings. The molecular formula is C23H33FN4O4. The van der Waals surface area contributed by atoms with Gasteiger partial charge in [0.2, 0.25) is 17.7 Å². The Balaban J connectivity index is 1.61. The van der Waals surface area contributed by atoms with E-state index in [-0.39, 0.29) is 49.0 Å². The molecule has 2 heterocycles. The van der Waals surface area contributed by atoms with Crippen molar-refractivity contribution in [3.8, 4) is 0 Å². The summed E-state index contributed by atoms with van der Waals surface area (Å²) in [7, 11) is 0. The van der Waals surface area contributed by atoms with Gasteiger partial charge in [0.1, 0.15) is 11.9 Å². The highest BCUT2D eigenvalue weighted by Gasteiger charge is 2.37. The maximum absolute atomic E-state index is 13.2. The highest BCUT2D eigenvalue weighted by Crippen LogP contribution is 2.26. The summed E-state index contributed by atoms with van der Waals surface area (Å²) >= 11 is 0. The normalized spacial score (nSPS) is 20.7. The van der Waals surface area contributed by atoms with Crippen molar-refractivity contribution in [1.29, 1.82) is 0 Å². The molecule has 0 aromatic heterocycles. The number of halogens is 1. The van der Waals surface area contributed by atoms with Crippen molar-refractivity contribution < 1.29 is 23.9 Å². The molecule has 32 heavy (non-hydrogen) atoms. The van der Waals surface area contributed by atoms with E-state index in [1.165, 1.54) is 29.2 Å². The summed E-state index contributed by atoms with van der Waals surface area (Å²) in [5, 5.41) is 12.0. The van der Waals surface area contributed by atoms with Gasteiger partial charge in [0.05, 0.1) is 12.5 Å². The van der Waals surface area contributed by atoms with Gasteiger partial charge >= 0.3 is 0 Å². The van der Waals surface area contributed by atoms with E-state index in [1.807, 2.05) is 13.8 Å². The molecule has 2 aliphatic heterocycles. The van der Waals surface area contributed by atoms with E-state index < -0.39 is 12.0 Å². The van der Waals surface area contributed by atoms with Crippen LogP contribution in [0.15, 0.2) is 24.3 Å². The second-order valence-electron chi connectivity index (χ2n) is 8.96. The SMILES string of the molecule is CC(C)CC(NC(=O)C1CC(=O)N(c2ccc(F)cc2)C1)C(=O)N1CCN(CCO)CC1. The Bertz CT molecular complexity index is 809. The maximum atomic E-state index is 13.2. The quantitative estimate of drug-likeness (QED) is 0.615. The van der Waals surface area contributed by atoms with Crippen LogP contribution < -0.4 is 10.2 Å². The third-order valence-corrected chi connectivity index (χ3v) is 6.06. The number of amides is 3. The fraction of sp³-hybridized carbons (Fsp3) is 0.609. The van der Waals surface area contributed by atoms with Crippen LogP contribution in [0.1, 0.15) is 26.7 Å². The van der Waals surface area contributed by atoms with Crippen molar-refractivity contribution >= 4 is 23.4 Å². The number of benzene rings is 1. The maximum Gasteiger partial charge on any atom is 0.245 e. The number of anilines is 1. The summed E-state index contributed by atoms with van der Waals surface area (Å²) in [6, 6.07) is 4.98. The number of β-amino-alcohol motifs (C(OH)–C–C–N with tert-alkyl or cyclic N) is 1. The molecule has 176 valence electrons. The summed E-state index contributed by atoms with van der Waals surface area (Å²) in [5.41, 5.74) is 0.558. The third-order valence-electron chi connectivity index (χ3n) is 6.06. The predicted octanol–water partition coefficient (Wildman–Crippen LogP) is 0.846. The minimum absolute atomic E-state index is 0.0611. The van der Waals surface area contributed by atoms with Gasteiger partial charge in [0.25, 0.3) is 0 Å². The second-order valence-corrected chi connectivity index (χ2v) is 8.96. The number of rotatable bonds is 8. The van der Waals surface area contributed by atoms with E-state index in [0.29, 0.717) is 44.8 Å². The summed E-state index contributed by atoms with van der Waals surface area (Å²) < 4.78 is 13.2. The zero-order valence-corrected chi connectivity index (χ0v) is 18.8. The number of aliphatic hydroxyl groups excluding tert-OH is 1. The van der Waals surface area contributed by atoms with Crippen LogP contribution in [0.2, 0.25) is 0 Å². The molecule has 0 aliphatic carbocycles. The van der Waals surface area contributed by atoms with Gasteiger partial charge in [0.15, 0.2) is 0 Å². The average Bonchev–Trinajstić information content (AvgIpc) is 3.15. The van der Waals surface area contributed by atoms with Crippen LogP contribution in [0.4, 0.5) is 10.1 Å². The standard InChI is InChI=1S/C23H33FN4O4/c1-16(2)13-20(23(32)27-9-7-26(8-10-27)11-12-29)25-22(31)17-14-21(30)28(15-17)19-5-3-18(24)4-6-19/h3-6,16-17,20,29H,7-15H2,1-2H3,(H,25,31). The number of carbonyl (C=O) groups excluding carboxylic acids is 3. The fourth-order valence-electron chi connectivity index (χ4n) is 4.29. The summed E-state index contributed by atoms with van der Waals surface area (Å²) in [6.07, 6.45) is 0.579. The Morgan fingerprint density at radius 1 is 1.16 bits per heavy atom. The lowest BCUT2D eigenvalue weighted by atomic mass is 10.0. The smallest absolute Gasteiger partial charge is 0.245 e. The zero-order chi connectivity index (χ0) is 23.3. The molecule has 3 rings (SSSR count). The van der Waals surface area contributed by atoms with Crippen molar-refractivity contribution in [2.45, 2.75) is 32.7 Å². The zero-order valence-electron chi connectivity index (χ0n) is 18.8. The highest BCUT2D eigenvalue weighted by atomic mass is 19.1. The molecule has 2 saturated heterocycles. The number of nitrogens with one attached hydrogen (secondary N) is 1. The Morgan fingerprint density at radius 3 is 2.41 bits per heavy atom. The number of carbonyl (C=O) groups is 3. The summed E-state index contributed by atoms with van der Waals surface area (Å²) in [4.78, 5) is 44.0. The molecule has 2 N–H and O–H groups in total. The number of nitrogens with zero attached hydrogens (tertiary/aromatic N) is 3. The van der Waals surface area contributed by atoms with E-state index in [1.54, 1.807) is 4.90 Å². The largest absolute Gasteiger partial charge is 0.395 e. The van der Waals surface area contributed by atoms with Crippen molar-refractivity contribution in [2.24, 2.45) is 11.8 Å². The van der Waals surface area contributed by atoms with Crippen LogP contribution in [0.5, 0.6) is 0 Å². The van der Waals surface area contributed by atoms with Gasteiger partial charge in [-0.05, 0) is 36.6 Å². The molecule has 0 spiro atoms. The van der Waals surface area contributed by atoms with Crippen molar-refractivity contribution in [3.05, 3.63) is 30.1 Å². The highest BCUT2D eigenvalue weighted by molar-refractivity contribution is 6.01. The first-order valence-electron chi connectivity index (χ1n) is 11.3. The summed E-state index contributed by atoms with van der Waals surface area (Å²) in [5.74, 6) is -1.33. The predicted molar refractivity (Wildman–Crippen MR) is 118 cm³/mol. The fourth-order valence-corrected chi connectivity index (χ4v) is 4.29. The van der Waals surface area contributed by atoms with Gasteiger partial charge in [-0.1, -0.05) is 13.8 Å². The molecular weight excluding hydrogens is 415 g/mol. The van der Waals surface area contributed by atoms with Gasteiger partial charge in [-0.15, -0.1) is 0 Å². The van der Waals surface area contributed by atoms with E-state index in [4.69, 9.17) is 5.11 Å². The Labute approximate surface area is 188 Å². The van der Waals surface area contributed by atoms with Crippen LogP contribution >= 0.6 is 0 Å². The monoisotopic (exact) mass is 448 g/mol. The number of piperazine rings is 1. The first kappa shape index (κ1) is 24.1. The summed E-state index contributed by atoms with van der Waals surface area (Å²) in [6.45, 7) is 7.40. The number of hydrogen-bond donors (Lipinski definition) is 2. The topological polar surface area (TPSA) is 93.2 Å². The Morgan fingerprint density at radius 2 is 1.81 bits per heavy atom. The first-order valence-corrected chi connectivity index (χ1v) is 11.3. The van der Waals surface area contributed by atoms with E-state index in [0.717, 1.165) is 0 Å². The molecule has 9 heteroatoms. The lowest BCUT2D eigenvalue weighted by molar-refractivity contribution is -0.139. The van der Waals surface area contributed by atoms with E-state index in [2.05, 4.69) is 10.2 Å². The Hall–Kier alpha value is -2.52. The molecule has 3 amide bonds. The molecule has 1 aromatic carbocycles. The van der Waals surface area contributed by atoms with Gasteiger partial charge in [-0.2, -0.15) is 0 Å². The molecule has 2 aliphatic rings. The molecule has 2 atom stereocenters. The van der Waals surface area contributed by atoms with Gasteiger partial charge < -0.3 is 20.2 Å². The second kappa shape index (κ2) is 10.9. The minimum atomic E-state index is -0.637. The van der Waals surface area contributed by atoms with E-state index in [9.17, 15) is 18.8 Å². The van der Waals surface area contributed by atoms with Crippen LogP contribution in [-0.4, -0.2) is 84.5 Å². The van der Waals surface area contributed by atoms with Crippen LogP contribution in [0.3, 0.4) is 0 Å². The van der Waals surface area contributed by atoms with E-state index >= 15 is 0 Å². The van der Waals surface area contributed by atoms with Crippen molar-refractivity contribution in [2.75, 3.05) is 50.8 Å². The molecule has 1 aromatic rings. The average molecular weight is 449 g/mol. The van der Waals surface area contributed by atoms with Crippen molar-refractivity contribution in [1.82, 2.24) is 15.1 Å². The molecule has 0 saturated carbocycles. The molecule has 0 bridgehead atoms. The van der Waals surface area contributed by atoms with Gasteiger partial charge in [-0.25, -0.2) is 4.39 Å². The van der Waals surface area contributed by atoms with Gasteiger partial charge in [-0.3, -0.25) is 19.3 Å². The minimum Gasteiger partial charge on any atom is -0.395 e. The van der Waals surface area contributed by atoms with Gasteiger partial charge in [0, 0.05) is 51.4 Å². The number of hydrogen-bond acceptors (Lipinski definition) is 5. The van der Waals surface area contributed by atoms with Crippen LogP contribution in [-0.2, 0) is 14.4 Å². The lowest BCUT2D eigenvalue weighted by Gasteiger charge is -2.36. The molecule has 8 nitrogen and oxygen atoms in total. The van der Waals surface area contributed by atoms with Crippen LogP contribution in [0.25, 0.3) is 0 Å².